The van der Waals surface area contributed by atoms with Crippen LogP contribution in [0.2, 0.25) is 0 Å². The predicted octanol–water partition coefficient (Wildman–Crippen LogP) is 3.33. The fourth-order valence-corrected chi connectivity index (χ4v) is 4.73. The molecule has 25 heavy (non-hydrogen) atoms. The van der Waals surface area contributed by atoms with Gasteiger partial charge < -0.3 is 14.8 Å². The molecular weight excluding hydrogens is 310 g/mol. The van der Waals surface area contributed by atoms with Crippen molar-refractivity contribution in [3.8, 4) is 0 Å². The van der Waals surface area contributed by atoms with Crippen LogP contribution >= 0.6 is 0 Å². The number of carbonyl (C=O) groups is 1. The third-order valence-electron chi connectivity index (χ3n) is 6.03. The largest absolute Gasteiger partial charge is 0.354 e. The van der Waals surface area contributed by atoms with Gasteiger partial charge in [0.1, 0.15) is 6.54 Å². The molecule has 2 aromatic rings. The first kappa shape index (κ1) is 16.6. The molecule has 2 aliphatic heterocycles. The lowest BCUT2D eigenvalue weighted by molar-refractivity contribution is -0.122. The van der Waals surface area contributed by atoms with Crippen molar-refractivity contribution in [1.82, 2.24) is 14.8 Å². The van der Waals surface area contributed by atoms with Crippen molar-refractivity contribution in [2.75, 3.05) is 19.6 Å². The van der Waals surface area contributed by atoms with Gasteiger partial charge in [0, 0.05) is 24.3 Å². The van der Waals surface area contributed by atoms with Crippen LogP contribution in [0.3, 0.4) is 0 Å². The van der Waals surface area contributed by atoms with E-state index < -0.39 is 0 Å². The molecule has 0 aliphatic carbocycles. The van der Waals surface area contributed by atoms with Crippen LogP contribution in [0.25, 0.3) is 10.9 Å². The molecule has 2 aliphatic rings. The normalized spacial score (nSPS) is 24.2. The van der Waals surface area contributed by atoms with Crippen LogP contribution in [0.4, 0.5) is 0 Å². The number of nitrogens with zero attached hydrogens (tertiary/aromatic N) is 2. The molecule has 1 aromatic carbocycles. The highest BCUT2D eigenvalue weighted by Gasteiger charge is 2.32. The van der Waals surface area contributed by atoms with Crippen LogP contribution in [0.5, 0.6) is 0 Å². The summed E-state index contributed by atoms with van der Waals surface area (Å²) in [7, 11) is 0. The van der Waals surface area contributed by atoms with Crippen molar-refractivity contribution in [1.29, 1.82) is 0 Å². The maximum absolute atomic E-state index is 12.5. The first-order chi connectivity index (χ1) is 12.2. The van der Waals surface area contributed by atoms with Gasteiger partial charge >= 0.3 is 0 Å². The highest BCUT2D eigenvalue weighted by atomic mass is 16.1. The van der Waals surface area contributed by atoms with Gasteiger partial charge in [0.05, 0.1) is 0 Å². The predicted molar refractivity (Wildman–Crippen MR) is 102 cm³/mol. The van der Waals surface area contributed by atoms with Gasteiger partial charge in [-0.25, -0.2) is 0 Å². The summed E-state index contributed by atoms with van der Waals surface area (Å²) in [5, 5.41) is 4.42. The van der Waals surface area contributed by atoms with Gasteiger partial charge in [-0.05, 0) is 75.2 Å². The number of aromatic nitrogens is 1. The zero-order chi connectivity index (χ0) is 17.2. The van der Waals surface area contributed by atoms with Crippen LogP contribution < -0.4 is 5.32 Å². The second-order valence-corrected chi connectivity index (χ2v) is 7.81. The van der Waals surface area contributed by atoms with Crippen LogP contribution in [0, 0.1) is 12.8 Å². The van der Waals surface area contributed by atoms with Gasteiger partial charge in [0.2, 0.25) is 5.91 Å². The quantitative estimate of drug-likeness (QED) is 0.928. The highest BCUT2D eigenvalue weighted by molar-refractivity contribution is 5.83. The Morgan fingerprint density at radius 1 is 1.16 bits per heavy atom. The molecular formula is C21H29N3O. The van der Waals surface area contributed by atoms with Crippen molar-refractivity contribution >= 4 is 16.8 Å². The Hall–Kier alpha value is -1.81. The van der Waals surface area contributed by atoms with Crippen molar-refractivity contribution in [3.05, 3.63) is 36.0 Å². The second kappa shape index (κ2) is 7.20. The van der Waals surface area contributed by atoms with E-state index in [1.807, 2.05) is 6.20 Å². The SMILES string of the molecule is Cc1ccc2c(ccn2CC(=O)NC[C@@H]2CCCN3CCCC[C@H]23)c1. The fourth-order valence-electron chi connectivity index (χ4n) is 4.73. The molecule has 2 fully saturated rings. The summed E-state index contributed by atoms with van der Waals surface area (Å²) in [5.41, 5.74) is 2.39. The van der Waals surface area contributed by atoms with E-state index in [9.17, 15) is 4.79 Å². The standard InChI is InChI=1S/C21H29N3O/c1-16-7-8-20-17(13-16)9-12-24(20)15-21(25)22-14-18-5-4-11-23-10-3-2-6-19(18)23/h7-9,12-13,18-19H,2-6,10-11,14-15H2,1H3,(H,22,25)/t18-,19+/m0/s1. The Bertz CT molecular complexity index is 749. The van der Waals surface area contributed by atoms with Gasteiger partial charge in [0.15, 0.2) is 0 Å². The smallest absolute Gasteiger partial charge is 0.239 e. The Kier molecular flexibility index (Phi) is 4.80. The number of aryl methyl sites for hydroxylation is 1. The third-order valence-corrected chi connectivity index (χ3v) is 6.03. The Morgan fingerprint density at radius 2 is 2.04 bits per heavy atom. The Balaban J connectivity index is 1.35. The minimum Gasteiger partial charge on any atom is -0.354 e. The van der Waals surface area contributed by atoms with Crippen molar-refractivity contribution in [3.63, 3.8) is 0 Å². The van der Waals surface area contributed by atoms with Crippen molar-refractivity contribution < 1.29 is 4.79 Å². The molecule has 4 heteroatoms. The number of hydrogen-bond acceptors (Lipinski definition) is 2. The lowest BCUT2D eigenvalue weighted by Crippen LogP contribution is -2.51. The number of carbonyl (C=O) groups excluding carboxylic acids is 1. The molecule has 0 spiro atoms. The van der Waals surface area contributed by atoms with Crippen molar-refractivity contribution in [2.24, 2.45) is 5.92 Å². The van der Waals surface area contributed by atoms with E-state index >= 15 is 0 Å². The molecule has 0 radical (unpaired) electrons. The van der Waals surface area contributed by atoms with E-state index in [0.29, 0.717) is 18.5 Å². The van der Waals surface area contributed by atoms with Gasteiger partial charge in [-0.2, -0.15) is 0 Å². The highest BCUT2D eigenvalue weighted by Crippen LogP contribution is 2.30. The maximum atomic E-state index is 12.5. The van der Waals surface area contributed by atoms with Gasteiger partial charge in [-0.15, -0.1) is 0 Å². The van der Waals surface area contributed by atoms with E-state index in [4.69, 9.17) is 0 Å². The molecule has 0 bridgehead atoms. The average molecular weight is 339 g/mol. The van der Waals surface area contributed by atoms with E-state index in [1.54, 1.807) is 0 Å². The average Bonchev–Trinajstić information content (AvgIpc) is 3.01. The zero-order valence-corrected chi connectivity index (χ0v) is 15.2. The lowest BCUT2D eigenvalue weighted by atomic mass is 9.83. The molecule has 1 N–H and O–H groups in total. The van der Waals surface area contributed by atoms with Gasteiger partial charge in [-0.1, -0.05) is 18.1 Å². The lowest BCUT2D eigenvalue weighted by Gasteiger charge is -2.44. The van der Waals surface area contributed by atoms with Crippen LogP contribution in [0.15, 0.2) is 30.5 Å². The number of benzene rings is 1. The molecule has 4 rings (SSSR count). The molecule has 3 heterocycles. The number of nitrogens with one attached hydrogen (secondary N) is 1. The number of amides is 1. The molecule has 1 amide bonds. The van der Waals surface area contributed by atoms with Gasteiger partial charge in [-0.3, -0.25) is 4.79 Å². The van der Waals surface area contributed by atoms with E-state index in [-0.39, 0.29) is 5.91 Å². The summed E-state index contributed by atoms with van der Waals surface area (Å²) < 4.78 is 2.05. The molecule has 0 unspecified atom stereocenters. The summed E-state index contributed by atoms with van der Waals surface area (Å²) in [5.74, 6) is 0.757. The van der Waals surface area contributed by atoms with E-state index in [0.717, 1.165) is 12.1 Å². The zero-order valence-electron chi connectivity index (χ0n) is 15.2. The first-order valence-electron chi connectivity index (χ1n) is 9.77. The molecule has 2 saturated heterocycles. The molecule has 2 atom stereocenters. The molecule has 1 aromatic heterocycles. The molecule has 134 valence electrons. The number of fused-ring (bicyclic) bond motifs is 2. The van der Waals surface area contributed by atoms with Crippen molar-refractivity contribution in [2.45, 2.75) is 51.6 Å². The minimum absolute atomic E-state index is 0.131. The number of piperidine rings is 2. The number of rotatable bonds is 4. The summed E-state index contributed by atoms with van der Waals surface area (Å²) >= 11 is 0. The Morgan fingerprint density at radius 3 is 2.96 bits per heavy atom. The molecule has 0 saturated carbocycles. The van der Waals surface area contributed by atoms with Crippen LogP contribution in [-0.4, -0.2) is 41.1 Å². The third kappa shape index (κ3) is 3.59. The summed E-state index contributed by atoms with van der Waals surface area (Å²) in [4.78, 5) is 15.1. The van der Waals surface area contributed by atoms with Crippen LogP contribution in [-0.2, 0) is 11.3 Å². The molecule has 4 nitrogen and oxygen atoms in total. The number of hydrogen-bond donors (Lipinski definition) is 1. The maximum Gasteiger partial charge on any atom is 0.239 e. The summed E-state index contributed by atoms with van der Waals surface area (Å²) in [6.07, 6.45) is 8.55. The topological polar surface area (TPSA) is 37.3 Å². The minimum atomic E-state index is 0.131. The van der Waals surface area contributed by atoms with E-state index in [1.165, 1.54) is 56.1 Å². The summed E-state index contributed by atoms with van der Waals surface area (Å²) in [6.45, 7) is 5.85. The second-order valence-electron chi connectivity index (χ2n) is 7.81. The van der Waals surface area contributed by atoms with E-state index in [2.05, 4.69) is 46.0 Å². The van der Waals surface area contributed by atoms with Gasteiger partial charge in [0.25, 0.3) is 0 Å². The monoisotopic (exact) mass is 339 g/mol. The first-order valence-corrected chi connectivity index (χ1v) is 9.77. The van der Waals surface area contributed by atoms with Crippen LogP contribution in [0.1, 0.15) is 37.7 Å². The Labute approximate surface area is 150 Å². The summed E-state index contributed by atoms with van der Waals surface area (Å²) in [6, 6.07) is 9.17. The fraction of sp³-hybridized carbons (Fsp3) is 0.571.